The Bertz CT molecular complexity index is 349. The van der Waals surface area contributed by atoms with Crippen molar-refractivity contribution in [2.75, 3.05) is 17.7 Å². The number of aromatic nitrogens is 2. The van der Waals surface area contributed by atoms with Crippen LogP contribution in [-0.2, 0) is 0 Å². The summed E-state index contributed by atoms with van der Waals surface area (Å²) >= 11 is 0. The van der Waals surface area contributed by atoms with Crippen LogP contribution in [0.3, 0.4) is 0 Å². The van der Waals surface area contributed by atoms with Crippen LogP contribution in [0.25, 0.3) is 0 Å². The Labute approximate surface area is 88.9 Å². The molecule has 5 heteroatoms. The lowest BCUT2D eigenvalue weighted by molar-refractivity contribution is 0.0835. The molecule has 1 aliphatic rings. The van der Waals surface area contributed by atoms with E-state index in [0.29, 0.717) is 12.0 Å². The largest absolute Gasteiger partial charge is 0.393 e. The summed E-state index contributed by atoms with van der Waals surface area (Å²) in [5.41, 5.74) is 0.928. The van der Waals surface area contributed by atoms with Gasteiger partial charge in [0.2, 0.25) is 5.95 Å². The second kappa shape index (κ2) is 4.02. The first-order chi connectivity index (χ1) is 7.17. The van der Waals surface area contributed by atoms with E-state index in [2.05, 4.69) is 20.6 Å². The topological polar surface area (TPSA) is 70.1 Å². The Hall–Kier alpha value is -1.36. The lowest BCUT2D eigenvalue weighted by atomic mass is 9.89. The van der Waals surface area contributed by atoms with Gasteiger partial charge in [-0.15, -0.1) is 0 Å². The number of nitrogens with zero attached hydrogens (tertiary/aromatic N) is 2. The summed E-state index contributed by atoms with van der Waals surface area (Å²) in [6, 6.07) is 2.25. The van der Waals surface area contributed by atoms with Crippen LogP contribution in [0.15, 0.2) is 6.07 Å². The highest BCUT2D eigenvalue weighted by atomic mass is 16.3. The average Bonchev–Trinajstić information content (AvgIpc) is 2.14. The van der Waals surface area contributed by atoms with Crippen LogP contribution in [0, 0.1) is 6.92 Å². The minimum absolute atomic E-state index is 0.144. The van der Waals surface area contributed by atoms with Gasteiger partial charge in [-0.05, 0) is 19.8 Å². The Morgan fingerprint density at radius 2 is 2.13 bits per heavy atom. The molecule has 1 saturated carbocycles. The molecule has 1 aromatic heterocycles. The fourth-order valence-corrected chi connectivity index (χ4v) is 1.67. The fraction of sp³-hybridized carbons (Fsp3) is 0.600. The third-order valence-electron chi connectivity index (χ3n) is 2.54. The van der Waals surface area contributed by atoms with Crippen LogP contribution in [0.1, 0.15) is 18.5 Å². The zero-order valence-electron chi connectivity index (χ0n) is 8.99. The van der Waals surface area contributed by atoms with E-state index in [1.54, 1.807) is 7.05 Å². The van der Waals surface area contributed by atoms with Crippen molar-refractivity contribution in [3.8, 4) is 0 Å². The Morgan fingerprint density at radius 3 is 2.73 bits per heavy atom. The van der Waals surface area contributed by atoms with Gasteiger partial charge in [0.1, 0.15) is 5.82 Å². The number of aliphatic hydroxyl groups is 1. The summed E-state index contributed by atoms with van der Waals surface area (Å²) in [7, 11) is 1.80. The summed E-state index contributed by atoms with van der Waals surface area (Å²) in [5, 5.41) is 15.4. The van der Waals surface area contributed by atoms with Crippen LogP contribution in [-0.4, -0.2) is 34.3 Å². The molecule has 0 unspecified atom stereocenters. The highest BCUT2D eigenvalue weighted by Crippen LogP contribution is 2.23. The summed E-state index contributed by atoms with van der Waals surface area (Å²) in [4.78, 5) is 8.49. The van der Waals surface area contributed by atoms with Crippen molar-refractivity contribution in [2.45, 2.75) is 31.9 Å². The maximum atomic E-state index is 9.17. The van der Waals surface area contributed by atoms with Gasteiger partial charge < -0.3 is 15.7 Å². The van der Waals surface area contributed by atoms with Crippen LogP contribution in [0.2, 0.25) is 0 Å². The smallest absolute Gasteiger partial charge is 0.224 e. The second-order valence-electron chi connectivity index (χ2n) is 3.93. The summed E-state index contributed by atoms with van der Waals surface area (Å²) in [6.07, 6.45) is 1.46. The van der Waals surface area contributed by atoms with E-state index in [0.717, 1.165) is 24.4 Å². The van der Waals surface area contributed by atoms with Crippen molar-refractivity contribution < 1.29 is 5.11 Å². The molecule has 0 radical (unpaired) electrons. The van der Waals surface area contributed by atoms with E-state index in [-0.39, 0.29) is 6.10 Å². The van der Waals surface area contributed by atoms with Crippen molar-refractivity contribution in [3.63, 3.8) is 0 Å². The summed E-state index contributed by atoms with van der Waals surface area (Å²) in [5.74, 6) is 1.45. The number of rotatable bonds is 3. The Morgan fingerprint density at radius 1 is 1.40 bits per heavy atom. The van der Waals surface area contributed by atoms with E-state index < -0.39 is 0 Å². The predicted octanol–water partition coefficient (Wildman–Crippen LogP) is 0.762. The predicted molar refractivity (Wildman–Crippen MR) is 59.0 cm³/mol. The maximum absolute atomic E-state index is 9.17. The molecular formula is C10H16N4O. The molecule has 1 aliphatic carbocycles. The first-order valence-electron chi connectivity index (χ1n) is 5.15. The Kier molecular flexibility index (Phi) is 2.73. The average molecular weight is 208 g/mol. The Balaban J connectivity index is 2.04. The second-order valence-corrected chi connectivity index (χ2v) is 3.93. The maximum Gasteiger partial charge on any atom is 0.224 e. The van der Waals surface area contributed by atoms with E-state index in [9.17, 15) is 0 Å². The lowest BCUT2D eigenvalue weighted by Gasteiger charge is -2.32. The van der Waals surface area contributed by atoms with Gasteiger partial charge in [-0.1, -0.05) is 0 Å². The highest BCUT2D eigenvalue weighted by molar-refractivity contribution is 5.43. The molecule has 2 rings (SSSR count). The third-order valence-corrected chi connectivity index (χ3v) is 2.54. The monoisotopic (exact) mass is 208 g/mol. The number of nitrogens with one attached hydrogen (secondary N) is 2. The van der Waals surface area contributed by atoms with Gasteiger partial charge in [0, 0.05) is 24.8 Å². The van der Waals surface area contributed by atoms with Gasteiger partial charge in [-0.2, -0.15) is 4.98 Å². The molecule has 5 nitrogen and oxygen atoms in total. The quantitative estimate of drug-likeness (QED) is 0.684. The van der Waals surface area contributed by atoms with Crippen molar-refractivity contribution in [2.24, 2.45) is 0 Å². The van der Waals surface area contributed by atoms with E-state index in [1.165, 1.54) is 0 Å². The summed E-state index contributed by atoms with van der Waals surface area (Å²) < 4.78 is 0. The normalized spacial score (nSPS) is 24.5. The molecule has 15 heavy (non-hydrogen) atoms. The van der Waals surface area contributed by atoms with Crippen molar-refractivity contribution >= 4 is 11.8 Å². The zero-order valence-corrected chi connectivity index (χ0v) is 8.99. The molecule has 1 fully saturated rings. The van der Waals surface area contributed by atoms with Gasteiger partial charge in [0.05, 0.1) is 6.10 Å². The number of aryl methyl sites for hydroxylation is 1. The van der Waals surface area contributed by atoms with E-state index >= 15 is 0 Å². The molecule has 0 amide bonds. The molecule has 0 bridgehead atoms. The molecule has 1 aromatic rings. The standard InChI is InChI=1S/C10H16N4O/c1-6-3-9(14-10(11-2)12-6)13-7-4-8(15)5-7/h3,7-8,15H,4-5H2,1-2H3,(H2,11,12,13,14). The van der Waals surface area contributed by atoms with E-state index in [1.807, 2.05) is 13.0 Å². The van der Waals surface area contributed by atoms with Gasteiger partial charge in [-0.25, -0.2) is 4.98 Å². The van der Waals surface area contributed by atoms with Gasteiger partial charge in [-0.3, -0.25) is 0 Å². The van der Waals surface area contributed by atoms with Gasteiger partial charge in [0.15, 0.2) is 0 Å². The van der Waals surface area contributed by atoms with Crippen molar-refractivity contribution in [1.29, 1.82) is 0 Å². The molecule has 0 saturated heterocycles. The molecule has 82 valence electrons. The van der Waals surface area contributed by atoms with Crippen molar-refractivity contribution in [1.82, 2.24) is 9.97 Å². The molecule has 0 aromatic carbocycles. The number of aliphatic hydroxyl groups excluding tert-OH is 1. The zero-order chi connectivity index (χ0) is 10.8. The minimum Gasteiger partial charge on any atom is -0.393 e. The van der Waals surface area contributed by atoms with Gasteiger partial charge >= 0.3 is 0 Å². The SMILES string of the molecule is CNc1nc(C)cc(NC2CC(O)C2)n1. The number of hydrogen-bond donors (Lipinski definition) is 3. The number of anilines is 2. The number of hydrogen-bond acceptors (Lipinski definition) is 5. The lowest BCUT2D eigenvalue weighted by Crippen LogP contribution is -2.39. The fourth-order valence-electron chi connectivity index (χ4n) is 1.67. The highest BCUT2D eigenvalue weighted by Gasteiger charge is 2.27. The van der Waals surface area contributed by atoms with Gasteiger partial charge in [0.25, 0.3) is 0 Å². The van der Waals surface area contributed by atoms with Crippen LogP contribution >= 0.6 is 0 Å². The first kappa shape index (κ1) is 10.2. The molecule has 0 aliphatic heterocycles. The molecule has 1 heterocycles. The molecule has 0 atom stereocenters. The van der Waals surface area contributed by atoms with Crippen LogP contribution in [0.5, 0.6) is 0 Å². The minimum atomic E-state index is -0.144. The van der Waals surface area contributed by atoms with Crippen LogP contribution in [0.4, 0.5) is 11.8 Å². The first-order valence-corrected chi connectivity index (χ1v) is 5.15. The van der Waals surface area contributed by atoms with Crippen LogP contribution < -0.4 is 10.6 Å². The van der Waals surface area contributed by atoms with E-state index in [4.69, 9.17) is 5.11 Å². The molecule has 3 N–H and O–H groups in total. The van der Waals surface area contributed by atoms with Crippen molar-refractivity contribution in [3.05, 3.63) is 11.8 Å². The molecule has 0 spiro atoms. The summed E-state index contributed by atoms with van der Waals surface area (Å²) in [6.45, 7) is 1.93. The third kappa shape index (κ3) is 2.36. The molecular weight excluding hydrogens is 192 g/mol.